The lowest BCUT2D eigenvalue weighted by atomic mass is 9.98. The van der Waals surface area contributed by atoms with Crippen LogP contribution in [0.1, 0.15) is 16.7 Å². The van der Waals surface area contributed by atoms with Crippen LogP contribution in [0.3, 0.4) is 0 Å². The number of hydrogen-bond donors (Lipinski definition) is 3. The molecular formula is C23H22F4N6O. The number of nitrogen functional groups attached to an aromatic ring is 1. The Morgan fingerprint density at radius 3 is 2.53 bits per heavy atom. The van der Waals surface area contributed by atoms with Gasteiger partial charge in [-0.05, 0) is 40.6 Å². The van der Waals surface area contributed by atoms with Crippen molar-refractivity contribution < 1.29 is 17.6 Å². The van der Waals surface area contributed by atoms with Crippen molar-refractivity contribution in [3.8, 4) is 11.3 Å². The van der Waals surface area contributed by atoms with Gasteiger partial charge >= 0.3 is 6.18 Å². The maximum Gasteiger partial charge on any atom is 0.393 e. The van der Waals surface area contributed by atoms with Crippen LogP contribution in [0.4, 0.5) is 40.4 Å². The molecule has 0 saturated heterocycles. The minimum absolute atomic E-state index is 0.0255. The van der Waals surface area contributed by atoms with Crippen LogP contribution < -0.4 is 16.0 Å². The van der Waals surface area contributed by atoms with E-state index in [2.05, 4.69) is 15.5 Å². The van der Waals surface area contributed by atoms with Crippen molar-refractivity contribution in [1.29, 1.82) is 5.41 Å². The van der Waals surface area contributed by atoms with Crippen molar-refractivity contribution in [3.05, 3.63) is 69.9 Å². The molecule has 0 aliphatic rings. The number of hydrogen-bond acceptors (Lipinski definition) is 7. The van der Waals surface area contributed by atoms with Crippen molar-refractivity contribution in [2.24, 2.45) is 5.18 Å². The van der Waals surface area contributed by atoms with Crippen LogP contribution in [0.15, 0.2) is 47.6 Å². The molecule has 11 heteroatoms. The molecule has 3 rings (SSSR count). The number of benzene rings is 2. The summed E-state index contributed by atoms with van der Waals surface area (Å²) in [4.78, 5) is 17.0. The highest BCUT2D eigenvalue weighted by atomic mass is 19.4. The second-order valence-electron chi connectivity index (χ2n) is 7.59. The van der Waals surface area contributed by atoms with E-state index in [0.29, 0.717) is 6.54 Å². The first kappa shape index (κ1) is 24.6. The highest BCUT2D eigenvalue weighted by molar-refractivity contribution is 5.93. The molecule has 0 amide bonds. The van der Waals surface area contributed by atoms with Crippen molar-refractivity contribution in [1.82, 2.24) is 4.98 Å². The lowest BCUT2D eigenvalue weighted by Crippen LogP contribution is -2.21. The van der Waals surface area contributed by atoms with E-state index < -0.39 is 24.1 Å². The zero-order valence-electron chi connectivity index (χ0n) is 18.4. The number of nitrogens with zero attached hydrogens (tertiary/aromatic N) is 3. The van der Waals surface area contributed by atoms with Gasteiger partial charge in [0.15, 0.2) is 5.82 Å². The van der Waals surface area contributed by atoms with E-state index in [1.54, 1.807) is 19.0 Å². The van der Waals surface area contributed by atoms with Crippen LogP contribution in [0.5, 0.6) is 0 Å². The Hall–Kier alpha value is -4.02. The molecule has 0 unspecified atom stereocenters. The third kappa shape index (κ3) is 5.30. The minimum atomic E-state index is -4.62. The molecule has 7 nitrogen and oxygen atoms in total. The molecule has 0 spiro atoms. The van der Waals surface area contributed by atoms with E-state index in [0.717, 1.165) is 29.6 Å². The van der Waals surface area contributed by atoms with E-state index in [4.69, 9.17) is 11.1 Å². The Labute approximate surface area is 193 Å². The van der Waals surface area contributed by atoms with Gasteiger partial charge in [0.2, 0.25) is 0 Å². The molecule has 1 heterocycles. The minimum Gasteiger partial charge on any atom is -0.398 e. The monoisotopic (exact) mass is 474 g/mol. The van der Waals surface area contributed by atoms with Crippen molar-refractivity contribution in [2.75, 3.05) is 30.0 Å². The maximum atomic E-state index is 14.3. The Morgan fingerprint density at radius 2 is 1.91 bits per heavy atom. The second kappa shape index (κ2) is 9.86. The predicted octanol–water partition coefficient (Wildman–Crippen LogP) is 5.65. The van der Waals surface area contributed by atoms with Crippen LogP contribution in [0.25, 0.3) is 11.3 Å². The third-order valence-electron chi connectivity index (χ3n) is 5.21. The Morgan fingerprint density at radius 1 is 1.21 bits per heavy atom. The molecule has 0 aliphatic carbocycles. The van der Waals surface area contributed by atoms with Gasteiger partial charge < -0.3 is 21.4 Å². The van der Waals surface area contributed by atoms with Gasteiger partial charge in [-0.2, -0.15) is 13.2 Å². The first-order valence-electron chi connectivity index (χ1n) is 10.1. The zero-order chi connectivity index (χ0) is 25.0. The summed E-state index contributed by atoms with van der Waals surface area (Å²) in [6, 6.07) is 10.3. The van der Waals surface area contributed by atoms with Gasteiger partial charge in [0.1, 0.15) is 11.5 Å². The van der Waals surface area contributed by atoms with E-state index >= 15 is 0 Å². The molecule has 2 aromatic carbocycles. The average molecular weight is 474 g/mol. The predicted molar refractivity (Wildman–Crippen MR) is 125 cm³/mol. The molecule has 0 saturated carbocycles. The lowest BCUT2D eigenvalue weighted by Gasteiger charge is -2.24. The summed E-state index contributed by atoms with van der Waals surface area (Å²) in [5.41, 5.74) is 6.93. The topological polar surface area (TPSA) is 107 Å². The number of anilines is 3. The standard InChI is InChI=1S/C23H22F4N6O/c1-30-19-6-4-3-5-13(19)12-33(2)22-16(11-28)18(29)9-20(31-22)15-8-17(24)21(32-34)7-14(15)10-23(25,26)27/h3-9,11,28,30H,10,12H2,1-2H3,(H2,29,31). The molecular weight excluding hydrogens is 452 g/mol. The summed E-state index contributed by atoms with van der Waals surface area (Å²) in [6.45, 7) is 0.339. The van der Waals surface area contributed by atoms with Crippen LogP contribution in [-0.2, 0) is 13.0 Å². The maximum absolute atomic E-state index is 14.3. The summed E-state index contributed by atoms with van der Waals surface area (Å²) in [7, 11) is 3.47. The molecule has 3 aromatic rings. The normalized spacial score (nSPS) is 11.2. The summed E-state index contributed by atoms with van der Waals surface area (Å²) in [5.74, 6) is -0.850. The van der Waals surface area contributed by atoms with Gasteiger partial charge in [-0.3, -0.25) is 0 Å². The molecule has 34 heavy (non-hydrogen) atoms. The molecule has 0 fully saturated rings. The van der Waals surface area contributed by atoms with Gasteiger partial charge in [0.05, 0.1) is 17.7 Å². The molecule has 0 radical (unpaired) electrons. The smallest absolute Gasteiger partial charge is 0.393 e. The van der Waals surface area contributed by atoms with Gasteiger partial charge in [-0.15, -0.1) is 4.91 Å². The fourth-order valence-corrected chi connectivity index (χ4v) is 3.65. The number of rotatable bonds is 8. The fourth-order valence-electron chi connectivity index (χ4n) is 3.65. The lowest BCUT2D eigenvalue weighted by molar-refractivity contribution is -0.127. The number of aromatic nitrogens is 1. The molecule has 4 N–H and O–H groups in total. The van der Waals surface area contributed by atoms with Crippen molar-refractivity contribution in [3.63, 3.8) is 0 Å². The molecule has 0 bridgehead atoms. The number of alkyl halides is 3. The first-order valence-corrected chi connectivity index (χ1v) is 10.1. The Bertz CT molecular complexity index is 1230. The van der Waals surface area contributed by atoms with E-state index in [9.17, 15) is 22.5 Å². The first-order chi connectivity index (χ1) is 16.1. The fraction of sp³-hybridized carbons (Fsp3) is 0.217. The van der Waals surface area contributed by atoms with Crippen LogP contribution >= 0.6 is 0 Å². The van der Waals surface area contributed by atoms with Crippen molar-refractivity contribution in [2.45, 2.75) is 19.1 Å². The highest BCUT2D eigenvalue weighted by Crippen LogP contribution is 2.36. The quantitative estimate of drug-likeness (QED) is 0.222. The second-order valence-corrected chi connectivity index (χ2v) is 7.59. The highest BCUT2D eigenvalue weighted by Gasteiger charge is 2.30. The van der Waals surface area contributed by atoms with E-state index in [1.807, 2.05) is 24.3 Å². The Kier molecular flexibility index (Phi) is 7.14. The molecule has 1 aromatic heterocycles. The molecule has 178 valence electrons. The zero-order valence-corrected chi connectivity index (χ0v) is 18.4. The van der Waals surface area contributed by atoms with Gasteiger partial charge in [0.25, 0.3) is 0 Å². The van der Waals surface area contributed by atoms with Gasteiger partial charge in [-0.25, -0.2) is 9.37 Å². The van der Waals surface area contributed by atoms with Crippen LogP contribution in [-0.4, -0.2) is 31.5 Å². The van der Waals surface area contributed by atoms with Gasteiger partial charge in [-0.1, -0.05) is 18.2 Å². The number of halogens is 4. The number of nitrogens with one attached hydrogen (secondary N) is 2. The summed E-state index contributed by atoms with van der Waals surface area (Å²) in [6.07, 6.45) is -5.04. The molecule has 0 aliphatic heterocycles. The van der Waals surface area contributed by atoms with Crippen molar-refractivity contribution >= 4 is 29.1 Å². The summed E-state index contributed by atoms with van der Waals surface area (Å²) in [5, 5.41) is 13.3. The number of nitroso groups, excluding NO2 is 1. The number of para-hydroxylation sites is 1. The third-order valence-corrected chi connectivity index (χ3v) is 5.21. The number of pyridine rings is 1. The number of nitrogens with two attached hydrogens (primary N) is 1. The van der Waals surface area contributed by atoms with Crippen LogP contribution in [0, 0.1) is 16.1 Å². The SMILES string of the molecule is CNc1ccccc1CN(C)c1nc(-c2cc(F)c(N=O)cc2CC(F)(F)F)cc(N)c1C=N. The van der Waals surface area contributed by atoms with Crippen LogP contribution in [0.2, 0.25) is 0 Å². The van der Waals surface area contributed by atoms with Gasteiger partial charge in [0, 0.05) is 43.8 Å². The molecule has 0 atom stereocenters. The van der Waals surface area contributed by atoms with E-state index in [1.165, 1.54) is 6.07 Å². The summed E-state index contributed by atoms with van der Waals surface area (Å²) < 4.78 is 53.9. The van der Waals surface area contributed by atoms with E-state index in [-0.39, 0.29) is 33.9 Å². The Balaban J connectivity index is 2.15. The summed E-state index contributed by atoms with van der Waals surface area (Å²) >= 11 is 0. The largest absolute Gasteiger partial charge is 0.398 e. The average Bonchev–Trinajstić information content (AvgIpc) is 2.78.